The van der Waals surface area contributed by atoms with Crippen molar-refractivity contribution in [3.63, 3.8) is 0 Å². The number of hydrogen-bond donors (Lipinski definition) is 0. The van der Waals surface area contributed by atoms with Crippen molar-refractivity contribution in [1.82, 2.24) is 4.98 Å². The first-order valence-corrected chi connectivity index (χ1v) is 5.86. The van der Waals surface area contributed by atoms with Crippen LogP contribution in [0.25, 0.3) is 0 Å². The normalized spacial score (nSPS) is 11.7. The summed E-state index contributed by atoms with van der Waals surface area (Å²) in [7, 11) is -3.14. The molecule has 0 spiro atoms. The lowest BCUT2D eigenvalue weighted by Gasteiger charge is -2.07. The molecule has 1 aromatic rings. The largest absolute Gasteiger partial charge is 0.257 e. The van der Waals surface area contributed by atoms with E-state index in [2.05, 4.69) is 4.98 Å². The predicted molar refractivity (Wildman–Crippen MR) is 51.6 cm³/mol. The number of aryl methyl sites for hydroxylation is 3. The van der Waals surface area contributed by atoms with Crippen LogP contribution in [0.4, 0.5) is 0 Å². The van der Waals surface area contributed by atoms with Crippen molar-refractivity contribution in [2.75, 3.05) is 6.26 Å². The van der Waals surface area contributed by atoms with Crippen LogP contribution in [0.15, 0.2) is 11.0 Å². The summed E-state index contributed by atoms with van der Waals surface area (Å²) in [5.74, 6) is 0. The summed E-state index contributed by atoms with van der Waals surface area (Å²) in [6, 6.07) is 1.78. The van der Waals surface area contributed by atoms with Crippen molar-refractivity contribution in [2.24, 2.45) is 0 Å². The molecule has 0 bridgehead atoms. The van der Waals surface area contributed by atoms with Gasteiger partial charge in [0.05, 0.1) is 10.6 Å². The summed E-state index contributed by atoms with van der Waals surface area (Å²) in [5.41, 5.74) is 2.20. The first-order chi connectivity index (χ1) is 5.82. The van der Waals surface area contributed by atoms with Crippen LogP contribution < -0.4 is 0 Å². The number of rotatable bonds is 1. The van der Waals surface area contributed by atoms with E-state index in [1.807, 2.05) is 6.92 Å². The Morgan fingerprint density at radius 2 is 1.77 bits per heavy atom. The van der Waals surface area contributed by atoms with Crippen molar-refractivity contribution < 1.29 is 8.42 Å². The van der Waals surface area contributed by atoms with Crippen molar-refractivity contribution >= 4 is 9.84 Å². The van der Waals surface area contributed by atoms with Crippen molar-refractivity contribution in [2.45, 2.75) is 25.7 Å². The summed E-state index contributed by atoms with van der Waals surface area (Å²) in [6.07, 6.45) is 1.21. The molecule has 0 saturated heterocycles. The third kappa shape index (κ3) is 2.06. The first-order valence-electron chi connectivity index (χ1n) is 3.97. The highest BCUT2D eigenvalue weighted by molar-refractivity contribution is 7.90. The predicted octanol–water partition coefficient (Wildman–Crippen LogP) is 1.41. The highest BCUT2D eigenvalue weighted by atomic mass is 32.2. The summed E-state index contributed by atoms with van der Waals surface area (Å²) in [5, 5.41) is 0. The lowest BCUT2D eigenvalue weighted by atomic mass is 10.2. The molecular weight excluding hydrogens is 186 g/mol. The molecule has 0 radical (unpaired) electrons. The Morgan fingerprint density at radius 1 is 1.23 bits per heavy atom. The van der Waals surface area contributed by atoms with E-state index in [1.54, 1.807) is 19.9 Å². The van der Waals surface area contributed by atoms with Crippen LogP contribution in [0.5, 0.6) is 0 Å². The molecule has 0 atom stereocenters. The van der Waals surface area contributed by atoms with E-state index >= 15 is 0 Å². The number of nitrogens with zero attached hydrogens (tertiary/aromatic N) is 1. The molecule has 0 N–H and O–H groups in total. The Hall–Kier alpha value is -0.900. The zero-order valence-corrected chi connectivity index (χ0v) is 9.07. The van der Waals surface area contributed by atoms with Gasteiger partial charge >= 0.3 is 0 Å². The van der Waals surface area contributed by atoms with Gasteiger partial charge in [0.2, 0.25) is 0 Å². The van der Waals surface area contributed by atoms with E-state index in [0.717, 1.165) is 11.3 Å². The highest BCUT2D eigenvalue weighted by Gasteiger charge is 2.14. The van der Waals surface area contributed by atoms with E-state index in [-0.39, 0.29) is 0 Å². The van der Waals surface area contributed by atoms with Crippen molar-refractivity contribution in [3.8, 4) is 0 Å². The summed E-state index contributed by atoms with van der Waals surface area (Å²) < 4.78 is 22.7. The third-order valence-corrected chi connectivity index (χ3v) is 3.19. The van der Waals surface area contributed by atoms with Gasteiger partial charge in [0, 0.05) is 11.9 Å². The second-order valence-corrected chi connectivity index (χ2v) is 5.22. The van der Waals surface area contributed by atoms with Gasteiger partial charge in [-0.1, -0.05) is 0 Å². The lowest BCUT2D eigenvalue weighted by Crippen LogP contribution is -2.05. The molecule has 0 unspecified atom stereocenters. The van der Waals surface area contributed by atoms with E-state index in [9.17, 15) is 8.42 Å². The monoisotopic (exact) mass is 199 g/mol. The van der Waals surface area contributed by atoms with Gasteiger partial charge in [-0.25, -0.2) is 8.42 Å². The van der Waals surface area contributed by atoms with Gasteiger partial charge < -0.3 is 0 Å². The number of pyridine rings is 1. The molecule has 0 amide bonds. The molecule has 1 aromatic heterocycles. The fourth-order valence-corrected chi connectivity index (χ4v) is 2.80. The Kier molecular flexibility index (Phi) is 2.43. The van der Waals surface area contributed by atoms with E-state index in [4.69, 9.17) is 0 Å². The molecule has 0 saturated carbocycles. The highest BCUT2D eigenvalue weighted by Crippen LogP contribution is 2.18. The topological polar surface area (TPSA) is 47.0 Å². The van der Waals surface area contributed by atoms with Crippen LogP contribution in [0.1, 0.15) is 17.0 Å². The standard InChI is InChI=1S/C9H13NO2S/c1-6-5-7(2)10-8(3)9(6)13(4,11)12/h5H,1-4H3. The fourth-order valence-electron chi connectivity index (χ4n) is 1.57. The smallest absolute Gasteiger partial charge is 0.177 e. The van der Waals surface area contributed by atoms with Gasteiger partial charge in [-0.3, -0.25) is 4.98 Å². The summed E-state index contributed by atoms with van der Waals surface area (Å²) in [6.45, 7) is 5.36. The molecule has 13 heavy (non-hydrogen) atoms. The van der Waals surface area contributed by atoms with E-state index < -0.39 is 9.84 Å². The Labute approximate surface area is 78.7 Å². The molecule has 0 aliphatic rings. The lowest BCUT2D eigenvalue weighted by molar-refractivity contribution is 0.600. The van der Waals surface area contributed by atoms with Gasteiger partial charge in [0.25, 0.3) is 0 Å². The van der Waals surface area contributed by atoms with Gasteiger partial charge in [-0.15, -0.1) is 0 Å². The molecule has 4 heteroatoms. The zero-order valence-electron chi connectivity index (χ0n) is 8.25. The third-order valence-electron chi connectivity index (χ3n) is 1.83. The summed E-state index contributed by atoms with van der Waals surface area (Å²) in [4.78, 5) is 4.48. The van der Waals surface area contributed by atoms with Crippen molar-refractivity contribution in [1.29, 1.82) is 0 Å². The minimum Gasteiger partial charge on any atom is -0.257 e. The van der Waals surface area contributed by atoms with Crippen LogP contribution in [0, 0.1) is 20.8 Å². The average molecular weight is 199 g/mol. The van der Waals surface area contributed by atoms with Crippen LogP contribution >= 0.6 is 0 Å². The Bertz CT molecular complexity index is 412. The maximum Gasteiger partial charge on any atom is 0.177 e. The molecule has 3 nitrogen and oxygen atoms in total. The maximum absolute atomic E-state index is 11.3. The zero-order chi connectivity index (χ0) is 10.2. The van der Waals surface area contributed by atoms with Crippen molar-refractivity contribution in [3.05, 3.63) is 23.0 Å². The van der Waals surface area contributed by atoms with Crippen LogP contribution in [0.2, 0.25) is 0 Å². The van der Waals surface area contributed by atoms with E-state index in [1.165, 1.54) is 6.26 Å². The van der Waals surface area contributed by atoms with Gasteiger partial charge in [-0.2, -0.15) is 0 Å². The second kappa shape index (κ2) is 3.10. The van der Waals surface area contributed by atoms with Gasteiger partial charge in [0.1, 0.15) is 0 Å². The average Bonchev–Trinajstić information content (AvgIpc) is 1.78. The second-order valence-electron chi connectivity index (χ2n) is 3.27. The molecule has 0 aromatic carbocycles. The molecular formula is C9H13NO2S. The molecule has 0 fully saturated rings. The summed E-state index contributed by atoms with van der Waals surface area (Å²) >= 11 is 0. The molecule has 0 aliphatic heterocycles. The number of aromatic nitrogens is 1. The van der Waals surface area contributed by atoms with Gasteiger partial charge in [0.15, 0.2) is 9.84 Å². The quantitative estimate of drug-likeness (QED) is 0.687. The minimum atomic E-state index is -3.14. The molecule has 72 valence electrons. The van der Waals surface area contributed by atoms with Crippen LogP contribution in [-0.4, -0.2) is 19.7 Å². The molecule has 0 aliphatic carbocycles. The fraction of sp³-hybridized carbons (Fsp3) is 0.444. The molecule has 1 heterocycles. The van der Waals surface area contributed by atoms with Gasteiger partial charge in [-0.05, 0) is 32.4 Å². The van der Waals surface area contributed by atoms with Crippen LogP contribution in [0.3, 0.4) is 0 Å². The number of sulfone groups is 1. The first kappa shape index (κ1) is 10.2. The SMILES string of the molecule is Cc1cc(C)c(S(C)(=O)=O)c(C)n1. The Morgan fingerprint density at radius 3 is 2.15 bits per heavy atom. The molecule has 1 rings (SSSR count). The minimum absolute atomic E-state index is 0.359. The number of hydrogen-bond acceptors (Lipinski definition) is 3. The van der Waals surface area contributed by atoms with E-state index in [0.29, 0.717) is 10.6 Å². The Balaban J connectivity index is 3.57. The van der Waals surface area contributed by atoms with Crippen LogP contribution in [-0.2, 0) is 9.84 Å². The maximum atomic E-state index is 11.3.